The molecule has 1 aromatic carbocycles. The van der Waals surface area contributed by atoms with E-state index in [1.807, 2.05) is 30.3 Å². The van der Waals surface area contributed by atoms with Crippen molar-refractivity contribution in [1.82, 2.24) is 0 Å². The second-order valence-electron chi connectivity index (χ2n) is 4.33. The molecule has 0 unspecified atom stereocenters. The summed E-state index contributed by atoms with van der Waals surface area (Å²) in [6, 6.07) is 7.65. The third-order valence-electron chi connectivity index (χ3n) is 2.62. The van der Waals surface area contributed by atoms with E-state index in [0.29, 0.717) is 5.56 Å². The molecule has 0 N–H and O–H groups in total. The second kappa shape index (κ2) is 5.11. The summed E-state index contributed by atoms with van der Waals surface area (Å²) in [4.78, 5) is 0. The van der Waals surface area contributed by atoms with Crippen molar-refractivity contribution in [3.8, 4) is 0 Å². The zero-order valence-electron chi connectivity index (χ0n) is 10.3. The average Bonchev–Trinajstić information content (AvgIpc) is 2.25. The fraction of sp³-hybridized carbons (Fsp3) is 0.333. The number of hydrogen-bond acceptors (Lipinski definition) is 0. The van der Waals surface area contributed by atoms with Gasteiger partial charge in [-0.15, -0.1) is 0 Å². The van der Waals surface area contributed by atoms with E-state index in [0.717, 1.165) is 12.0 Å². The van der Waals surface area contributed by atoms with Crippen molar-refractivity contribution in [1.29, 1.82) is 0 Å². The maximum absolute atomic E-state index is 13.8. The Kier molecular flexibility index (Phi) is 4.05. The van der Waals surface area contributed by atoms with Gasteiger partial charge in [-0.3, -0.25) is 0 Å². The highest BCUT2D eigenvalue weighted by molar-refractivity contribution is 5.67. The highest BCUT2D eigenvalue weighted by Gasteiger charge is 2.18. The normalized spacial score (nSPS) is 12.6. The lowest BCUT2D eigenvalue weighted by molar-refractivity contribution is 0.221. The van der Waals surface area contributed by atoms with E-state index >= 15 is 0 Å². The average molecular weight is 218 g/mol. The van der Waals surface area contributed by atoms with Crippen LogP contribution >= 0.6 is 0 Å². The molecule has 0 saturated heterocycles. The molecule has 0 radical (unpaired) electrons. The molecule has 1 rings (SSSR count). The Labute approximate surface area is 97.5 Å². The minimum atomic E-state index is -1.29. The third kappa shape index (κ3) is 3.06. The number of alkyl halides is 1. The van der Waals surface area contributed by atoms with Gasteiger partial charge in [0.2, 0.25) is 0 Å². The summed E-state index contributed by atoms with van der Waals surface area (Å²) in [5.41, 5.74) is 1.68. The van der Waals surface area contributed by atoms with Gasteiger partial charge in [-0.05, 0) is 43.0 Å². The number of allylic oxidation sites excluding steroid dienone is 3. The molecule has 0 aliphatic heterocycles. The Hall–Kier alpha value is -1.37. The van der Waals surface area contributed by atoms with Crippen molar-refractivity contribution < 1.29 is 4.39 Å². The summed E-state index contributed by atoms with van der Waals surface area (Å²) < 4.78 is 13.8. The summed E-state index contributed by atoms with van der Waals surface area (Å²) in [5, 5.41) is 0. The number of halogens is 1. The monoisotopic (exact) mass is 218 g/mol. The maximum atomic E-state index is 13.8. The predicted octanol–water partition coefficient (Wildman–Crippen LogP) is 4.87. The van der Waals surface area contributed by atoms with Crippen molar-refractivity contribution in [3.05, 3.63) is 54.1 Å². The first-order chi connectivity index (χ1) is 7.49. The summed E-state index contributed by atoms with van der Waals surface area (Å²) in [6.45, 7) is 8.94. The molecule has 0 spiro atoms. The largest absolute Gasteiger partial charge is 0.239 e. The molecule has 0 atom stereocenters. The van der Waals surface area contributed by atoms with Gasteiger partial charge in [0.1, 0.15) is 5.67 Å². The first kappa shape index (κ1) is 12.7. The molecule has 0 amide bonds. The molecule has 0 heterocycles. The molecule has 0 saturated carbocycles. The lowest BCUT2D eigenvalue weighted by atomic mass is 9.94. The van der Waals surface area contributed by atoms with E-state index in [4.69, 9.17) is 0 Å². The summed E-state index contributed by atoms with van der Waals surface area (Å²) in [5.74, 6) is 0. The summed E-state index contributed by atoms with van der Waals surface area (Å²) in [7, 11) is 0. The Balaban J connectivity index is 3.16. The molecule has 0 fully saturated rings. The Bertz CT molecular complexity index is 394. The van der Waals surface area contributed by atoms with Gasteiger partial charge in [-0.2, -0.15) is 0 Å². The Morgan fingerprint density at radius 3 is 2.62 bits per heavy atom. The van der Waals surface area contributed by atoms with Crippen LogP contribution in [0.5, 0.6) is 0 Å². The van der Waals surface area contributed by atoms with Crippen LogP contribution in [0, 0.1) is 0 Å². The highest BCUT2D eigenvalue weighted by Crippen LogP contribution is 2.28. The fourth-order valence-corrected chi connectivity index (χ4v) is 1.65. The van der Waals surface area contributed by atoms with Crippen LogP contribution in [-0.4, -0.2) is 0 Å². The van der Waals surface area contributed by atoms with Crippen LogP contribution in [0.1, 0.15) is 38.3 Å². The van der Waals surface area contributed by atoms with Crippen molar-refractivity contribution in [2.24, 2.45) is 0 Å². The van der Waals surface area contributed by atoms with Gasteiger partial charge in [-0.25, -0.2) is 4.39 Å². The highest BCUT2D eigenvalue weighted by atomic mass is 19.1. The Morgan fingerprint density at radius 1 is 1.44 bits per heavy atom. The van der Waals surface area contributed by atoms with Gasteiger partial charge < -0.3 is 0 Å². The molecule has 86 valence electrons. The molecule has 0 aliphatic rings. The van der Waals surface area contributed by atoms with Crippen LogP contribution in [0.4, 0.5) is 4.39 Å². The van der Waals surface area contributed by atoms with Gasteiger partial charge in [0.15, 0.2) is 0 Å². The van der Waals surface area contributed by atoms with Gasteiger partial charge in [0.25, 0.3) is 0 Å². The fourth-order valence-electron chi connectivity index (χ4n) is 1.65. The zero-order chi connectivity index (χ0) is 12.2. The molecule has 1 aromatic rings. The van der Waals surface area contributed by atoms with Crippen LogP contribution in [0.2, 0.25) is 0 Å². The number of benzene rings is 1. The first-order valence-corrected chi connectivity index (χ1v) is 5.60. The predicted molar refractivity (Wildman–Crippen MR) is 69.0 cm³/mol. The van der Waals surface area contributed by atoms with Crippen LogP contribution in [-0.2, 0) is 5.67 Å². The summed E-state index contributed by atoms with van der Waals surface area (Å²) in [6.07, 6.45) is 4.67. The number of hydrogen-bond donors (Lipinski definition) is 0. The van der Waals surface area contributed by atoms with Crippen LogP contribution in [0.3, 0.4) is 0 Å². The third-order valence-corrected chi connectivity index (χ3v) is 2.62. The number of rotatable bonds is 4. The van der Waals surface area contributed by atoms with Gasteiger partial charge >= 0.3 is 0 Å². The van der Waals surface area contributed by atoms with Gasteiger partial charge in [0.05, 0.1) is 0 Å². The van der Waals surface area contributed by atoms with Crippen LogP contribution < -0.4 is 0 Å². The summed E-state index contributed by atoms with van der Waals surface area (Å²) >= 11 is 0. The van der Waals surface area contributed by atoms with Crippen LogP contribution in [0.15, 0.2) is 43.0 Å². The molecule has 0 bridgehead atoms. The van der Waals surface area contributed by atoms with Crippen molar-refractivity contribution in [2.75, 3.05) is 0 Å². The second-order valence-corrected chi connectivity index (χ2v) is 4.33. The van der Waals surface area contributed by atoms with E-state index in [9.17, 15) is 4.39 Å². The molecule has 0 aliphatic carbocycles. The molecular formula is C15H19F. The smallest absolute Gasteiger partial charge is 0.130 e. The van der Waals surface area contributed by atoms with E-state index in [2.05, 4.69) is 13.5 Å². The van der Waals surface area contributed by atoms with Gasteiger partial charge in [0, 0.05) is 0 Å². The minimum absolute atomic E-state index is 0.716. The molecule has 0 aromatic heterocycles. The van der Waals surface area contributed by atoms with E-state index in [-0.39, 0.29) is 0 Å². The minimum Gasteiger partial charge on any atom is -0.239 e. The van der Waals surface area contributed by atoms with E-state index in [1.165, 1.54) is 5.57 Å². The SMILES string of the molecule is C=C/C=C(\CC)c1cccc(C(C)(C)F)c1. The lowest BCUT2D eigenvalue weighted by Crippen LogP contribution is -2.09. The zero-order valence-corrected chi connectivity index (χ0v) is 10.3. The molecule has 0 nitrogen and oxygen atoms in total. The van der Waals surface area contributed by atoms with Crippen molar-refractivity contribution >= 4 is 5.57 Å². The van der Waals surface area contributed by atoms with Crippen molar-refractivity contribution in [2.45, 2.75) is 32.9 Å². The molecular weight excluding hydrogens is 199 g/mol. The van der Waals surface area contributed by atoms with Gasteiger partial charge in [-0.1, -0.05) is 43.9 Å². The standard InChI is InChI=1S/C15H19F/c1-5-8-12(6-2)13-9-7-10-14(11-13)15(3,4)16/h5,7-11H,1,6H2,2-4H3/b12-8+. The van der Waals surface area contributed by atoms with E-state index < -0.39 is 5.67 Å². The topological polar surface area (TPSA) is 0 Å². The lowest BCUT2D eigenvalue weighted by Gasteiger charge is -2.16. The molecule has 16 heavy (non-hydrogen) atoms. The van der Waals surface area contributed by atoms with E-state index in [1.54, 1.807) is 19.9 Å². The Morgan fingerprint density at radius 2 is 2.12 bits per heavy atom. The quantitative estimate of drug-likeness (QED) is 0.632. The maximum Gasteiger partial charge on any atom is 0.130 e. The molecule has 1 heteroatoms. The van der Waals surface area contributed by atoms with Crippen LogP contribution in [0.25, 0.3) is 5.57 Å². The first-order valence-electron chi connectivity index (χ1n) is 5.60. The van der Waals surface area contributed by atoms with Crippen molar-refractivity contribution in [3.63, 3.8) is 0 Å².